The van der Waals surface area contributed by atoms with Gasteiger partial charge in [0, 0.05) is 18.8 Å². The molecule has 0 bridgehead atoms. The molecule has 8 nitrogen and oxygen atoms in total. The van der Waals surface area contributed by atoms with Crippen molar-refractivity contribution in [1.29, 1.82) is 0 Å². The summed E-state index contributed by atoms with van der Waals surface area (Å²) in [5.74, 6) is 1.19. The van der Waals surface area contributed by atoms with E-state index in [1.807, 2.05) is 38.1 Å². The molecule has 1 amide bonds. The number of benzene rings is 2. The first-order valence-electron chi connectivity index (χ1n) is 10.9. The summed E-state index contributed by atoms with van der Waals surface area (Å²) >= 11 is 0. The topological polar surface area (TPSA) is 102 Å². The van der Waals surface area contributed by atoms with Crippen molar-refractivity contribution >= 4 is 21.6 Å². The van der Waals surface area contributed by atoms with Gasteiger partial charge >= 0.3 is 0 Å². The van der Waals surface area contributed by atoms with Gasteiger partial charge in [-0.05, 0) is 62.6 Å². The highest BCUT2D eigenvalue weighted by Gasteiger charge is 2.27. The van der Waals surface area contributed by atoms with Crippen molar-refractivity contribution < 1.29 is 22.5 Å². The first-order chi connectivity index (χ1) is 15.8. The largest absolute Gasteiger partial charge is 0.489 e. The maximum atomic E-state index is 12.8. The number of carbonyl (C=O) groups is 1. The van der Waals surface area contributed by atoms with Crippen LogP contribution in [-0.4, -0.2) is 36.9 Å². The lowest BCUT2D eigenvalue weighted by atomic mass is 10.1. The van der Waals surface area contributed by atoms with E-state index in [0.29, 0.717) is 31.1 Å². The molecule has 9 heteroatoms. The smallest absolute Gasteiger partial charge is 0.243 e. The number of ether oxygens (including phenoxy) is 1. The molecule has 1 fully saturated rings. The highest BCUT2D eigenvalue weighted by atomic mass is 32.2. The molecule has 1 aliphatic heterocycles. The van der Waals surface area contributed by atoms with Gasteiger partial charge in [-0.25, -0.2) is 8.42 Å². The van der Waals surface area contributed by atoms with Gasteiger partial charge in [0.15, 0.2) is 0 Å². The maximum Gasteiger partial charge on any atom is 0.243 e. The molecule has 174 valence electrons. The second-order valence-corrected chi connectivity index (χ2v) is 10.0. The van der Waals surface area contributed by atoms with E-state index < -0.39 is 10.0 Å². The zero-order valence-electron chi connectivity index (χ0n) is 18.7. The molecule has 0 radical (unpaired) electrons. The number of anilines is 1. The number of sulfonamides is 1. The molecular formula is C24H27N3O5S. The van der Waals surface area contributed by atoms with Gasteiger partial charge in [-0.1, -0.05) is 23.4 Å². The average Bonchev–Trinajstić information content (AvgIpc) is 3.45. The van der Waals surface area contributed by atoms with Crippen molar-refractivity contribution in [2.24, 2.45) is 0 Å². The second kappa shape index (κ2) is 9.76. The Balaban J connectivity index is 1.34. The number of hydrogen-bond acceptors (Lipinski definition) is 6. The van der Waals surface area contributed by atoms with Crippen LogP contribution in [0.2, 0.25) is 0 Å². The number of aromatic nitrogens is 1. The van der Waals surface area contributed by atoms with E-state index in [1.165, 1.54) is 10.4 Å². The average molecular weight is 470 g/mol. The summed E-state index contributed by atoms with van der Waals surface area (Å²) in [5.41, 5.74) is 3.00. The summed E-state index contributed by atoms with van der Waals surface area (Å²) in [4.78, 5) is 12.7. The maximum absolute atomic E-state index is 12.8. The van der Waals surface area contributed by atoms with Crippen LogP contribution < -0.4 is 10.1 Å². The molecule has 4 rings (SSSR count). The molecule has 2 aromatic carbocycles. The van der Waals surface area contributed by atoms with E-state index in [0.717, 1.165) is 35.4 Å². The van der Waals surface area contributed by atoms with Gasteiger partial charge in [0.1, 0.15) is 18.1 Å². The third kappa shape index (κ3) is 5.43. The summed E-state index contributed by atoms with van der Waals surface area (Å²) in [6, 6.07) is 13.7. The van der Waals surface area contributed by atoms with Crippen molar-refractivity contribution in [2.75, 3.05) is 18.4 Å². The predicted octanol–water partition coefficient (Wildman–Crippen LogP) is 3.84. The Labute approximate surface area is 193 Å². The molecule has 1 N–H and O–H groups in total. The fraction of sp³-hybridized carbons (Fsp3) is 0.333. The highest BCUT2D eigenvalue weighted by molar-refractivity contribution is 7.89. The van der Waals surface area contributed by atoms with E-state index in [2.05, 4.69) is 10.5 Å². The van der Waals surface area contributed by atoms with Gasteiger partial charge in [-0.15, -0.1) is 0 Å². The molecule has 0 spiro atoms. The molecule has 1 saturated heterocycles. The molecular weight excluding hydrogens is 442 g/mol. The van der Waals surface area contributed by atoms with Crippen LogP contribution in [0.4, 0.5) is 5.69 Å². The molecule has 0 unspecified atom stereocenters. The Bertz CT molecular complexity index is 1210. The lowest BCUT2D eigenvalue weighted by Crippen LogP contribution is -2.28. The van der Waals surface area contributed by atoms with Gasteiger partial charge < -0.3 is 14.6 Å². The number of aryl methyl sites for hydroxylation is 2. The third-order valence-electron chi connectivity index (χ3n) is 5.67. The van der Waals surface area contributed by atoms with Gasteiger partial charge in [0.05, 0.1) is 22.6 Å². The van der Waals surface area contributed by atoms with Crippen LogP contribution in [0.25, 0.3) is 0 Å². The lowest BCUT2D eigenvalue weighted by Gasteiger charge is -2.16. The Morgan fingerprint density at radius 1 is 1.12 bits per heavy atom. The summed E-state index contributed by atoms with van der Waals surface area (Å²) in [6.07, 6.45) is 1.91. The molecule has 33 heavy (non-hydrogen) atoms. The predicted molar refractivity (Wildman–Crippen MR) is 124 cm³/mol. The van der Waals surface area contributed by atoms with E-state index in [-0.39, 0.29) is 17.2 Å². The van der Waals surface area contributed by atoms with Crippen LogP contribution in [0.15, 0.2) is 57.9 Å². The number of carbonyl (C=O) groups excluding carboxylic acids is 1. The van der Waals surface area contributed by atoms with Crippen LogP contribution >= 0.6 is 0 Å². The van der Waals surface area contributed by atoms with Crippen molar-refractivity contribution in [3.8, 4) is 5.75 Å². The van der Waals surface area contributed by atoms with Crippen molar-refractivity contribution in [3.05, 3.63) is 71.1 Å². The van der Waals surface area contributed by atoms with E-state index in [9.17, 15) is 13.2 Å². The van der Waals surface area contributed by atoms with Crippen LogP contribution in [0.5, 0.6) is 5.75 Å². The minimum absolute atomic E-state index is 0.160. The van der Waals surface area contributed by atoms with E-state index in [1.54, 1.807) is 18.2 Å². The Morgan fingerprint density at radius 2 is 1.85 bits per heavy atom. The van der Waals surface area contributed by atoms with Crippen LogP contribution in [0.3, 0.4) is 0 Å². The summed E-state index contributed by atoms with van der Waals surface area (Å²) in [5, 5.41) is 6.71. The van der Waals surface area contributed by atoms with Gasteiger partial charge in [0.2, 0.25) is 15.9 Å². The van der Waals surface area contributed by atoms with Crippen molar-refractivity contribution in [2.45, 2.75) is 44.6 Å². The number of rotatable bonds is 8. The number of hydrogen-bond donors (Lipinski definition) is 1. The minimum Gasteiger partial charge on any atom is -0.489 e. The first kappa shape index (κ1) is 23.0. The Morgan fingerprint density at radius 3 is 2.52 bits per heavy atom. The minimum atomic E-state index is -3.53. The summed E-state index contributed by atoms with van der Waals surface area (Å²) in [7, 11) is -3.53. The molecule has 3 aromatic rings. The van der Waals surface area contributed by atoms with Gasteiger partial charge in [0.25, 0.3) is 0 Å². The molecule has 1 aromatic heterocycles. The Kier molecular flexibility index (Phi) is 6.80. The number of amides is 1. The lowest BCUT2D eigenvalue weighted by molar-refractivity contribution is -0.115. The third-order valence-corrected chi connectivity index (χ3v) is 7.57. The Hall–Kier alpha value is -3.17. The standard InChI is InChI=1S/C24H27N3O5S/c1-17-23(18(2)32-26-17)16-31-21-10-8-19(9-11-21)14-24(28)25-20-6-5-7-22(15-20)33(29,30)27-12-3-4-13-27/h5-11,15H,3-4,12-14,16H2,1-2H3,(H,25,28). The zero-order valence-corrected chi connectivity index (χ0v) is 19.5. The van der Waals surface area contributed by atoms with Gasteiger partial charge in [-0.3, -0.25) is 4.79 Å². The zero-order chi connectivity index (χ0) is 23.4. The molecule has 0 aliphatic carbocycles. The van der Waals surface area contributed by atoms with Gasteiger partial charge in [-0.2, -0.15) is 4.31 Å². The fourth-order valence-electron chi connectivity index (χ4n) is 3.77. The molecule has 1 aliphatic rings. The molecule has 2 heterocycles. The number of nitrogens with one attached hydrogen (secondary N) is 1. The van der Waals surface area contributed by atoms with Crippen LogP contribution in [-0.2, 0) is 27.8 Å². The highest BCUT2D eigenvalue weighted by Crippen LogP contribution is 2.23. The second-order valence-electron chi connectivity index (χ2n) is 8.10. The van der Waals surface area contributed by atoms with Crippen LogP contribution in [0.1, 0.15) is 35.4 Å². The summed E-state index contributed by atoms with van der Waals surface area (Å²) in [6.45, 7) is 5.15. The fourth-order valence-corrected chi connectivity index (χ4v) is 5.33. The quantitative estimate of drug-likeness (QED) is 0.538. The van der Waals surface area contributed by atoms with E-state index >= 15 is 0 Å². The monoisotopic (exact) mass is 469 g/mol. The molecule has 0 atom stereocenters. The first-order valence-corrected chi connectivity index (χ1v) is 12.3. The van der Waals surface area contributed by atoms with Crippen LogP contribution in [0, 0.1) is 13.8 Å². The number of nitrogens with zero attached hydrogens (tertiary/aromatic N) is 2. The normalized spacial score (nSPS) is 14.4. The SMILES string of the molecule is Cc1noc(C)c1COc1ccc(CC(=O)Nc2cccc(S(=O)(=O)N3CCCC3)c2)cc1. The summed E-state index contributed by atoms with van der Waals surface area (Å²) < 4.78 is 37.9. The molecule has 0 saturated carbocycles. The van der Waals surface area contributed by atoms with Crippen molar-refractivity contribution in [3.63, 3.8) is 0 Å². The van der Waals surface area contributed by atoms with Crippen molar-refractivity contribution in [1.82, 2.24) is 9.46 Å². The van der Waals surface area contributed by atoms with E-state index in [4.69, 9.17) is 9.26 Å².